The van der Waals surface area contributed by atoms with Crippen molar-refractivity contribution in [2.75, 3.05) is 80.2 Å². The predicted octanol–water partition coefficient (Wildman–Crippen LogP) is 7.00. The quantitative estimate of drug-likeness (QED) is 0.0361. The first-order valence-electron chi connectivity index (χ1n) is 30.2. The first kappa shape index (κ1) is 72.1. The highest BCUT2D eigenvalue weighted by Crippen LogP contribution is 2.30. The van der Waals surface area contributed by atoms with Gasteiger partial charge in [0.25, 0.3) is 5.91 Å². The van der Waals surface area contributed by atoms with Crippen LogP contribution >= 0.6 is 23.5 Å². The molecule has 1 saturated heterocycles. The van der Waals surface area contributed by atoms with E-state index < -0.39 is 60.2 Å². The lowest BCUT2D eigenvalue weighted by Gasteiger charge is -2.41. The number of nitrogens with one attached hydrogen (secondary N) is 4. The monoisotopic (exact) mass is 1220 g/mol. The summed E-state index contributed by atoms with van der Waals surface area (Å²) in [7, 11) is 6.66. The Labute approximate surface area is 513 Å². The van der Waals surface area contributed by atoms with E-state index in [4.69, 9.17) is 24.2 Å². The second-order valence-electron chi connectivity index (χ2n) is 23.1. The topological polar surface area (TPSA) is 251 Å². The van der Waals surface area contributed by atoms with Gasteiger partial charge in [-0.1, -0.05) is 98.1 Å². The zero-order valence-corrected chi connectivity index (χ0v) is 54.4. The maximum atomic E-state index is 14.7. The van der Waals surface area contributed by atoms with Crippen LogP contribution in [0.3, 0.4) is 0 Å². The molecule has 0 aliphatic carbocycles. The normalized spacial score (nSPS) is 16.3. The molecule has 4 rings (SSSR count). The Bertz CT molecular complexity index is 2600. The van der Waals surface area contributed by atoms with Crippen molar-refractivity contribution >= 4 is 76.0 Å². The Kier molecular flexibility index (Phi) is 31.7. The maximum Gasteiger partial charge on any atom is 0.326 e. The SMILES string of the molecule is CC[C@H](C)[C@@H]([C@@H](CC(=O)N1CCC[C@H]1[C@H](OC)[C@@H](C)C(=O)N[C@@H](Cc1ccccc1)C(=O)O)OC)N(C)C(=O)[C@@H](NC(=O)[C@H](C(C)C)N(C)CCCCCCC(=O)NCCOCCNC(=O)c1ccc2nc(CSC)c(CSC)nc2c1)C(C)C. The Balaban J connectivity index is 1.22. The lowest BCUT2D eigenvalue weighted by molar-refractivity contribution is -0.148. The number of hydrogen-bond donors (Lipinski definition) is 5. The average molecular weight is 1220 g/mol. The number of rotatable bonds is 39. The number of aliphatic carboxylic acids is 1. The molecule has 3 aromatic rings. The number of carbonyl (C=O) groups is 7. The van der Waals surface area contributed by atoms with Gasteiger partial charge in [0.1, 0.15) is 12.1 Å². The van der Waals surface area contributed by atoms with E-state index >= 15 is 0 Å². The van der Waals surface area contributed by atoms with Crippen molar-refractivity contribution < 1.29 is 52.9 Å². The smallest absolute Gasteiger partial charge is 0.326 e. The number of carbonyl (C=O) groups excluding carboxylic acids is 6. The van der Waals surface area contributed by atoms with Gasteiger partial charge in [-0.3, -0.25) is 33.7 Å². The molecule has 1 aliphatic heterocycles. The van der Waals surface area contributed by atoms with Crippen molar-refractivity contribution in [3.63, 3.8) is 0 Å². The van der Waals surface area contributed by atoms with Gasteiger partial charge in [-0.05, 0) is 93.3 Å². The Morgan fingerprint density at radius 3 is 2.04 bits per heavy atom. The summed E-state index contributed by atoms with van der Waals surface area (Å²) < 4.78 is 17.7. The number of hydrogen-bond acceptors (Lipinski definition) is 15. The number of likely N-dealkylation sites (tertiary alicyclic amines) is 1. The summed E-state index contributed by atoms with van der Waals surface area (Å²) in [5.41, 5.74) is 4.64. The molecule has 6 amide bonds. The second kappa shape index (κ2) is 37.3. The van der Waals surface area contributed by atoms with Crippen molar-refractivity contribution in [3.8, 4) is 0 Å². The Morgan fingerprint density at radius 1 is 0.788 bits per heavy atom. The molecule has 0 spiro atoms. The summed E-state index contributed by atoms with van der Waals surface area (Å²) in [6.45, 7) is 15.9. The minimum absolute atomic E-state index is 0.0495. The summed E-state index contributed by atoms with van der Waals surface area (Å²) >= 11 is 3.39. The van der Waals surface area contributed by atoms with Crippen LogP contribution in [0.15, 0.2) is 48.5 Å². The number of likely N-dealkylation sites (N-methyl/N-ethyl adjacent to an activating group) is 2. The predicted molar refractivity (Wildman–Crippen MR) is 337 cm³/mol. The van der Waals surface area contributed by atoms with E-state index in [9.17, 15) is 38.7 Å². The number of methoxy groups -OCH3 is 2. The molecule has 1 aromatic heterocycles. The number of unbranched alkanes of at least 4 members (excludes halogenated alkanes) is 3. The number of ether oxygens (including phenoxy) is 3. The van der Waals surface area contributed by atoms with Crippen molar-refractivity contribution in [2.45, 2.75) is 167 Å². The van der Waals surface area contributed by atoms with Gasteiger partial charge < -0.3 is 50.4 Å². The van der Waals surface area contributed by atoms with E-state index in [0.717, 1.165) is 59.7 Å². The molecule has 20 nitrogen and oxygen atoms in total. The minimum atomic E-state index is -1.15. The van der Waals surface area contributed by atoms with Gasteiger partial charge in [-0.15, -0.1) is 0 Å². The molecule has 2 heterocycles. The molecule has 22 heteroatoms. The fourth-order valence-electron chi connectivity index (χ4n) is 11.3. The fraction of sp³-hybridized carbons (Fsp3) is 0.667. The van der Waals surface area contributed by atoms with Gasteiger partial charge in [-0.2, -0.15) is 23.5 Å². The number of nitrogens with zero attached hydrogens (tertiary/aromatic N) is 5. The molecular formula is C63H99N9O11S2. The summed E-state index contributed by atoms with van der Waals surface area (Å²) in [6.07, 6.45) is 8.28. The van der Waals surface area contributed by atoms with Crippen LogP contribution in [0.1, 0.15) is 134 Å². The van der Waals surface area contributed by atoms with E-state index in [1.807, 2.05) is 102 Å². The highest BCUT2D eigenvalue weighted by atomic mass is 32.2. The van der Waals surface area contributed by atoms with Crippen molar-refractivity contribution in [3.05, 3.63) is 71.0 Å². The minimum Gasteiger partial charge on any atom is -0.480 e. The molecule has 85 heavy (non-hydrogen) atoms. The average Bonchev–Trinajstić information content (AvgIpc) is 4.06. The largest absolute Gasteiger partial charge is 0.480 e. The first-order chi connectivity index (χ1) is 40.6. The maximum absolute atomic E-state index is 14.7. The number of benzene rings is 2. The fourth-order valence-corrected chi connectivity index (χ4v) is 12.4. The van der Waals surface area contributed by atoms with Gasteiger partial charge in [0.05, 0.1) is 78.3 Å². The highest BCUT2D eigenvalue weighted by molar-refractivity contribution is 7.98. The van der Waals surface area contributed by atoms with Crippen LogP contribution in [0.2, 0.25) is 0 Å². The third-order valence-corrected chi connectivity index (χ3v) is 17.3. The highest BCUT2D eigenvalue weighted by Gasteiger charge is 2.44. The molecule has 0 bridgehead atoms. The van der Waals surface area contributed by atoms with E-state index in [-0.39, 0.29) is 60.1 Å². The summed E-state index contributed by atoms with van der Waals surface area (Å²) in [4.78, 5) is 110. The van der Waals surface area contributed by atoms with Gasteiger partial charge >= 0.3 is 5.97 Å². The third kappa shape index (κ3) is 22.1. The zero-order chi connectivity index (χ0) is 62.8. The number of carboxylic acids is 1. The van der Waals surface area contributed by atoms with Crippen LogP contribution in [0.5, 0.6) is 0 Å². The van der Waals surface area contributed by atoms with E-state index in [1.165, 1.54) is 14.2 Å². The van der Waals surface area contributed by atoms with Crippen LogP contribution < -0.4 is 21.3 Å². The molecule has 474 valence electrons. The number of amides is 6. The lowest BCUT2D eigenvalue weighted by Crippen LogP contribution is -2.60. The van der Waals surface area contributed by atoms with Crippen LogP contribution in [0.4, 0.5) is 0 Å². The molecule has 5 N–H and O–H groups in total. The molecule has 0 unspecified atom stereocenters. The van der Waals surface area contributed by atoms with Gasteiger partial charge in [0.15, 0.2) is 0 Å². The molecular weight excluding hydrogens is 1120 g/mol. The van der Waals surface area contributed by atoms with E-state index in [1.54, 1.807) is 59.4 Å². The van der Waals surface area contributed by atoms with Crippen molar-refractivity contribution in [1.29, 1.82) is 0 Å². The van der Waals surface area contributed by atoms with Gasteiger partial charge in [0.2, 0.25) is 29.5 Å². The zero-order valence-electron chi connectivity index (χ0n) is 52.8. The van der Waals surface area contributed by atoms with Crippen molar-refractivity contribution in [2.24, 2.45) is 23.7 Å². The third-order valence-electron chi connectivity index (χ3n) is 16.2. The number of fused-ring (bicyclic) bond motifs is 1. The van der Waals surface area contributed by atoms with Crippen LogP contribution in [-0.4, -0.2) is 194 Å². The van der Waals surface area contributed by atoms with Gasteiger partial charge in [0, 0.05) is 70.8 Å². The van der Waals surface area contributed by atoms with Crippen LogP contribution in [0.25, 0.3) is 11.0 Å². The van der Waals surface area contributed by atoms with Crippen LogP contribution in [-0.2, 0) is 60.9 Å². The molecule has 0 radical (unpaired) electrons. The standard InChI is InChI=1S/C63H99N9O11S2/c1-14-42(6)57(52(81-10)37-54(74)72-32-22-25-51(72)58(82-11)43(7)59(75)68-48(63(79)80)35-44-23-18-17-19-24-44)71(9)62(78)55(40(2)3)69-61(77)56(41(4)5)70(8)31-21-16-15-20-26-53(73)64-29-33-83-34-30-65-60(76)45-27-28-46-47(36-45)67-50(39-85-13)49(66-46)38-84-12/h17-19,23-24,27-28,36,40-43,48,51-52,55-58H,14-16,20-22,25-26,29-35,37-39H2,1-13H3,(H,64,73)(H,65,76)(H,68,75)(H,69,77)(H,79,80)/t42-,43+,48-,51-,52+,55-,56-,57-,58+/m0/s1. The van der Waals surface area contributed by atoms with Crippen molar-refractivity contribution in [1.82, 2.24) is 45.9 Å². The van der Waals surface area contributed by atoms with E-state index in [2.05, 4.69) is 21.3 Å². The molecule has 1 fully saturated rings. The Morgan fingerprint density at radius 2 is 1.44 bits per heavy atom. The number of carboxylic acid groups (broad SMARTS) is 1. The molecule has 9 atom stereocenters. The lowest BCUT2D eigenvalue weighted by atomic mass is 9.89. The van der Waals surface area contributed by atoms with Gasteiger partial charge in [-0.25, -0.2) is 14.8 Å². The summed E-state index contributed by atoms with van der Waals surface area (Å²) in [5, 5.41) is 21.6. The van der Waals surface area contributed by atoms with E-state index in [0.29, 0.717) is 76.2 Å². The first-order valence-corrected chi connectivity index (χ1v) is 33.0. The summed E-state index contributed by atoms with van der Waals surface area (Å²) in [5.74, 6) is -2.34. The number of aromatic nitrogens is 2. The molecule has 0 saturated carbocycles. The molecule has 1 aliphatic rings. The Hall–Kier alpha value is -5.39. The summed E-state index contributed by atoms with van der Waals surface area (Å²) in [6, 6.07) is 10.9. The molecule has 2 aromatic carbocycles. The second-order valence-corrected chi connectivity index (χ2v) is 24.9. The van der Waals surface area contributed by atoms with Crippen LogP contribution in [0, 0.1) is 23.7 Å². The number of thioether (sulfide) groups is 2.